The molecule has 2 heterocycles. The fraction of sp³-hybridized carbons (Fsp3) is 0.304. The molecule has 0 unspecified atom stereocenters. The topological polar surface area (TPSA) is 109 Å². The number of nitro groups is 1. The van der Waals surface area contributed by atoms with Gasteiger partial charge in [-0.1, -0.05) is 26.8 Å². The third-order valence-corrected chi connectivity index (χ3v) is 5.04. The number of fused-ring (bicyclic) bond motifs is 3. The van der Waals surface area contributed by atoms with Crippen molar-refractivity contribution in [3.8, 4) is 11.5 Å². The average molecular weight is 419 g/mol. The van der Waals surface area contributed by atoms with Crippen LogP contribution in [0.25, 0.3) is 21.9 Å². The lowest BCUT2D eigenvalue weighted by Gasteiger charge is -2.13. The number of nitrogens with two attached hydrogens (primary N) is 1. The summed E-state index contributed by atoms with van der Waals surface area (Å²) < 4.78 is 8.12. The first-order chi connectivity index (χ1) is 14.9. The summed E-state index contributed by atoms with van der Waals surface area (Å²) in [7, 11) is 0. The molecule has 0 aliphatic heterocycles. The minimum atomic E-state index is -0.448. The van der Waals surface area contributed by atoms with Gasteiger partial charge in [-0.05, 0) is 30.5 Å². The number of rotatable bonds is 7. The number of benzene rings is 2. The first-order valence-electron chi connectivity index (χ1n) is 10.4. The van der Waals surface area contributed by atoms with Crippen LogP contribution in [0.15, 0.2) is 42.5 Å². The summed E-state index contributed by atoms with van der Waals surface area (Å²) in [5, 5.41) is 12.0. The number of ether oxygens (including phenoxy) is 1. The van der Waals surface area contributed by atoms with E-state index in [0.29, 0.717) is 28.8 Å². The van der Waals surface area contributed by atoms with E-state index in [1.807, 2.05) is 12.1 Å². The Hall–Kier alpha value is -3.68. The number of nitro benzene ring substituents is 1. The van der Waals surface area contributed by atoms with Crippen molar-refractivity contribution in [3.05, 3.63) is 58.4 Å². The molecule has 0 saturated carbocycles. The van der Waals surface area contributed by atoms with Gasteiger partial charge in [0.15, 0.2) is 5.82 Å². The molecule has 2 N–H and O–H groups in total. The number of non-ortho nitro benzene ring substituents is 1. The van der Waals surface area contributed by atoms with Crippen molar-refractivity contribution in [2.75, 3.05) is 5.73 Å². The lowest BCUT2D eigenvalue weighted by atomic mass is 10.1. The normalized spacial score (nSPS) is 11.5. The molecule has 4 rings (SSSR count). The molecule has 0 aliphatic rings. The molecular weight excluding hydrogens is 394 g/mol. The molecule has 0 fully saturated rings. The number of hydrogen-bond donors (Lipinski definition) is 1. The molecule has 2 aromatic heterocycles. The van der Waals surface area contributed by atoms with Crippen LogP contribution in [-0.2, 0) is 13.0 Å². The van der Waals surface area contributed by atoms with Crippen LogP contribution in [0.2, 0.25) is 0 Å². The van der Waals surface area contributed by atoms with Gasteiger partial charge in [0.1, 0.15) is 22.8 Å². The minimum absolute atomic E-state index is 0.0246. The Morgan fingerprint density at radius 3 is 2.65 bits per heavy atom. The predicted octanol–water partition coefficient (Wildman–Crippen LogP) is 5.48. The Kier molecular flexibility index (Phi) is 5.46. The van der Waals surface area contributed by atoms with Gasteiger partial charge in [-0.25, -0.2) is 9.97 Å². The molecule has 8 heteroatoms. The van der Waals surface area contributed by atoms with Crippen LogP contribution in [0.1, 0.15) is 33.0 Å². The zero-order valence-electron chi connectivity index (χ0n) is 17.8. The quantitative estimate of drug-likeness (QED) is 0.314. The number of nitrogen functional groups attached to an aromatic ring is 1. The maximum Gasteiger partial charge on any atom is 0.273 e. The van der Waals surface area contributed by atoms with Crippen LogP contribution in [-0.4, -0.2) is 19.5 Å². The molecular formula is C23H25N5O3. The van der Waals surface area contributed by atoms with Crippen LogP contribution < -0.4 is 10.5 Å². The molecule has 0 amide bonds. The Morgan fingerprint density at radius 2 is 1.94 bits per heavy atom. The highest BCUT2D eigenvalue weighted by Crippen LogP contribution is 2.33. The first-order valence-corrected chi connectivity index (χ1v) is 10.4. The zero-order chi connectivity index (χ0) is 22.1. The van der Waals surface area contributed by atoms with Gasteiger partial charge in [0.2, 0.25) is 0 Å². The molecule has 0 saturated heterocycles. The van der Waals surface area contributed by atoms with Gasteiger partial charge in [-0.2, -0.15) is 0 Å². The number of pyridine rings is 1. The highest BCUT2D eigenvalue weighted by atomic mass is 16.6. The van der Waals surface area contributed by atoms with E-state index in [1.54, 1.807) is 18.2 Å². The zero-order valence-corrected chi connectivity index (χ0v) is 17.8. The second-order valence-electron chi connectivity index (χ2n) is 8.01. The molecule has 0 radical (unpaired) electrons. The van der Waals surface area contributed by atoms with E-state index in [2.05, 4.69) is 30.3 Å². The van der Waals surface area contributed by atoms with Crippen LogP contribution in [0.3, 0.4) is 0 Å². The predicted molar refractivity (Wildman–Crippen MR) is 121 cm³/mol. The summed E-state index contributed by atoms with van der Waals surface area (Å²) in [6.45, 7) is 7.34. The smallest absolute Gasteiger partial charge is 0.273 e. The molecule has 0 aliphatic carbocycles. The number of imidazole rings is 1. The van der Waals surface area contributed by atoms with E-state index < -0.39 is 4.92 Å². The summed E-state index contributed by atoms with van der Waals surface area (Å²) in [6.07, 6.45) is 1.87. The highest BCUT2D eigenvalue weighted by Gasteiger charge is 2.18. The van der Waals surface area contributed by atoms with Crippen molar-refractivity contribution in [1.82, 2.24) is 14.5 Å². The molecule has 0 bridgehead atoms. The van der Waals surface area contributed by atoms with E-state index in [9.17, 15) is 10.1 Å². The van der Waals surface area contributed by atoms with Gasteiger partial charge in [0, 0.05) is 30.5 Å². The second-order valence-corrected chi connectivity index (χ2v) is 8.01. The monoisotopic (exact) mass is 419 g/mol. The van der Waals surface area contributed by atoms with Crippen LogP contribution >= 0.6 is 0 Å². The fourth-order valence-electron chi connectivity index (χ4n) is 3.77. The number of aryl methyl sites for hydroxylation is 1. The Labute approximate surface area is 179 Å². The molecule has 8 nitrogen and oxygen atoms in total. The van der Waals surface area contributed by atoms with Crippen LogP contribution in [0.4, 0.5) is 11.5 Å². The number of hydrogen-bond acceptors (Lipinski definition) is 6. The van der Waals surface area contributed by atoms with Crippen LogP contribution in [0, 0.1) is 16.0 Å². The summed E-state index contributed by atoms with van der Waals surface area (Å²) in [5.41, 5.74) is 8.67. The van der Waals surface area contributed by atoms with E-state index in [4.69, 9.17) is 15.5 Å². The van der Waals surface area contributed by atoms with Gasteiger partial charge < -0.3 is 15.0 Å². The number of aromatic nitrogens is 3. The van der Waals surface area contributed by atoms with Crippen molar-refractivity contribution < 1.29 is 9.66 Å². The van der Waals surface area contributed by atoms with Gasteiger partial charge >= 0.3 is 0 Å². The summed E-state index contributed by atoms with van der Waals surface area (Å²) in [6, 6.07) is 11.7. The van der Waals surface area contributed by atoms with Gasteiger partial charge in [-0.15, -0.1) is 0 Å². The van der Waals surface area contributed by atoms with E-state index in [-0.39, 0.29) is 5.69 Å². The lowest BCUT2D eigenvalue weighted by molar-refractivity contribution is -0.384. The molecule has 2 aromatic carbocycles. The maximum absolute atomic E-state index is 11.0. The highest BCUT2D eigenvalue weighted by molar-refractivity contribution is 6.07. The van der Waals surface area contributed by atoms with E-state index >= 15 is 0 Å². The van der Waals surface area contributed by atoms with Crippen molar-refractivity contribution >= 4 is 33.4 Å². The van der Waals surface area contributed by atoms with Crippen LogP contribution in [0.5, 0.6) is 11.5 Å². The van der Waals surface area contributed by atoms with Crippen molar-refractivity contribution in [2.24, 2.45) is 5.92 Å². The largest absolute Gasteiger partial charge is 0.457 e. The van der Waals surface area contributed by atoms with Gasteiger partial charge in [0.05, 0.1) is 22.0 Å². The molecule has 0 spiro atoms. The fourth-order valence-corrected chi connectivity index (χ4v) is 3.77. The van der Waals surface area contributed by atoms with Gasteiger partial charge in [0.25, 0.3) is 5.69 Å². The third-order valence-electron chi connectivity index (χ3n) is 5.04. The lowest BCUT2D eigenvalue weighted by Crippen LogP contribution is -2.09. The average Bonchev–Trinajstić information content (AvgIpc) is 3.07. The van der Waals surface area contributed by atoms with E-state index in [0.717, 1.165) is 41.6 Å². The number of anilines is 1. The summed E-state index contributed by atoms with van der Waals surface area (Å²) in [5.74, 6) is 2.77. The molecule has 160 valence electrons. The Bertz CT molecular complexity index is 1280. The summed E-state index contributed by atoms with van der Waals surface area (Å²) >= 11 is 0. The van der Waals surface area contributed by atoms with Crippen molar-refractivity contribution in [3.63, 3.8) is 0 Å². The van der Waals surface area contributed by atoms with Crippen molar-refractivity contribution in [1.29, 1.82) is 0 Å². The standard InChI is InChI=1S/C23H25N5O3/c1-4-6-20-26-21-22(27(20)13-14(2)3)18-10-9-17(12-19(18)25-23(21)24)31-16-8-5-7-15(11-16)28(29)30/h5,7-12,14H,4,6,13H2,1-3H3,(H2,24,25). The summed E-state index contributed by atoms with van der Waals surface area (Å²) in [4.78, 5) is 19.9. The van der Waals surface area contributed by atoms with E-state index in [1.165, 1.54) is 12.1 Å². The molecule has 4 aromatic rings. The maximum atomic E-state index is 11.0. The second kappa shape index (κ2) is 8.22. The Balaban J connectivity index is 1.82. The first kappa shape index (κ1) is 20.6. The minimum Gasteiger partial charge on any atom is -0.457 e. The SMILES string of the molecule is CCCc1nc2c(N)nc3cc(Oc4cccc([N+](=O)[O-])c4)ccc3c2n1CC(C)C. The molecule has 31 heavy (non-hydrogen) atoms. The third kappa shape index (κ3) is 4.01. The molecule has 0 atom stereocenters. The Morgan fingerprint density at radius 1 is 1.16 bits per heavy atom. The number of nitrogens with zero attached hydrogens (tertiary/aromatic N) is 4. The van der Waals surface area contributed by atoms with Crippen molar-refractivity contribution in [2.45, 2.75) is 40.2 Å². The van der Waals surface area contributed by atoms with Gasteiger partial charge in [-0.3, -0.25) is 10.1 Å².